The predicted octanol–water partition coefficient (Wildman–Crippen LogP) is 2.85. The molecule has 126 valence electrons. The number of ether oxygens (including phenoxy) is 1. The highest BCUT2D eigenvalue weighted by atomic mass is 32.2. The van der Waals surface area contributed by atoms with E-state index in [0.29, 0.717) is 32.2 Å². The molecule has 5 nitrogen and oxygen atoms in total. The molecule has 0 bridgehead atoms. The molecular formula is C18H21N3O2S. The second-order valence-electron chi connectivity index (χ2n) is 6.38. The fraction of sp³-hybridized carbons (Fsp3) is 0.500. The number of hydrogen-bond acceptors (Lipinski definition) is 5. The summed E-state index contributed by atoms with van der Waals surface area (Å²) in [4.78, 5) is 24.1. The van der Waals surface area contributed by atoms with Gasteiger partial charge in [-0.15, -0.1) is 0 Å². The third-order valence-corrected chi connectivity index (χ3v) is 5.58. The Labute approximate surface area is 145 Å². The summed E-state index contributed by atoms with van der Waals surface area (Å²) in [6.45, 7) is 4.59. The van der Waals surface area contributed by atoms with Crippen LogP contribution in [0.1, 0.15) is 31.5 Å². The van der Waals surface area contributed by atoms with Gasteiger partial charge in [-0.25, -0.2) is 9.97 Å². The molecule has 2 aliphatic rings. The first-order chi connectivity index (χ1) is 11.7. The van der Waals surface area contributed by atoms with Crippen LogP contribution in [0.25, 0.3) is 10.9 Å². The Morgan fingerprint density at radius 3 is 2.75 bits per heavy atom. The van der Waals surface area contributed by atoms with Crippen LogP contribution in [0.15, 0.2) is 29.3 Å². The van der Waals surface area contributed by atoms with Crippen molar-refractivity contribution in [3.8, 4) is 0 Å². The number of amides is 1. The van der Waals surface area contributed by atoms with E-state index in [2.05, 4.69) is 0 Å². The minimum absolute atomic E-state index is 0.159. The van der Waals surface area contributed by atoms with E-state index < -0.39 is 0 Å². The van der Waals surface area contributed by atoms with Crippen molar-refractivity contribution in [3.63, 3.8) is 0 Å². The van der Waals surface area contributed by atoms with E-state index in [0.717, 1.165) is 21.8 Å². The average Bonchev–Trinajstić information content (AvgIpc) is 3.47. The SMILES string of the molecule is C[C@@H](Sc1nc(C2CC2)nc2ccccc12)C(=O)N1CCOCC1. The number of aromatic nitrogens is 2. The van der Waals surface area contributed by atoms with Gasteiger partial charge in [0.25, 0.3) is 0 Å². The molecule has 1 aliphatic heterocycles. The zero-order valence-corrected chi connectivity index (χ0v) is 14.6. The number of carbonyl (C=O) groups is 1. The van der Waals surface area contributed by atoms with Crippen LogP contribution in [-0.4, -0.2) is 52.3 Å². The molecule has 1 aliphatic carbocycles. The number of benzene rings is 1. The molecule has 1 aromatic carbocycles. The molecule has 0 radical (unpaired) electrons. The molecule has 6 heteroatoms. The normalized spacial score (nSPS) is 19.5. The van der Waals surface area contributed by atoms with E-state index in [9.17, 15) is 4.79 Å². The highest BCUT2D eigenvalue weighted by Crippen LogP contribution is 2.40. The van der Waals surface area contributed by atoms with Crippen molar-refractivity contribution < 1.29 is 9.53 Å². The highest BCUT2D eigenvalue weighted by Gasteiger charge is 2.29. The lowest BCUT2D eigenvalue weighted by Gasteiger charge is -2.29. The molecule has 1 saturated carbocycles. The number of fused-ring (bicyclic) bond motifs is 1. The summed E-state index contributed by atoms with van der Waals surface area (Å²) in [7, 11) is 0. The van der Waals surface area contributed by atoms with E-state index >= 15 is 0 Å². The van der Waals surface area contributed by atoms with Crippen LogP contribution in [-0.2, 0) is 9.53 Å². The fourth-order valence-electron chi connectivity index (χ4n) is 2.94. The lowest BCUT2D eigenvalue weighted by Crippen LogP contribution is -2.44. The first kappa shape index (κ1) is 15.8. The third kappa shape index (κ3) is 3.26. The number of nitrogens with zero attached hydrogens (tertiary/aromatic N) is 3. The van der Waals surface area contributed by atoms with Crippen molar-refractivity contribution in [1.29, 1.82) is 0 Å². The topological polar surface area (TPSA) is 55.3 Å². The van der Waals surface area contributed by atoms with Gasteiger partial charge >= 0.3 is 0 Å². The average molecular weight is 343 g/mol. The Balaban J connectivity index is 1.59. The van der Waals surface area contributed by atoms with E-state index in [1.807, 2.05) is 36.1 Å². The summed E-state index contributed by atoms with van der Waals surface area (Å²) < 4.78 is 5.33. The van der Waals surface area contributed by atoms with Gasteiger partial charge in [0.05, 0.1) is 24.0 Å². The number of carbonyl (C=O) groups excluding carboxylic acids is 1. The Kier molecular flexibility index (Phi) is 4.41. The number of hydrogen-bond donors (Lipinski definition) is 0. The van der Waals surface area contributed by atoms with Gasteiger partial charge < -0.3 is 9.64 Å². The Bertz CT molecular complexity index is 757. The van der Waals surface area contributed by atoms with Crippen LogP contribution in [0.3, 0.4) is 0 Å². The summed E-state index contributed by atoms with van der Waals surface area (Å²) >= 11 is 1.55. The second kappa shape index (κ2) is 6.69. The maximum absolute atomic E-state index is 12.7. The maximum atomic E-state index is 12.7. The minimum Gasteiger partial charge on any atom is -0.378 e. The molecule has 2 aromatic rings. The molecule has 2 fully saturated rings. The van der Waals surface area contributed by atoms with E-state index in [1.54, 1.807) is 11.8 Å². The Morgan fingerprint density at radius 2 is 2.00 bits per heavy atom. The summed E-state index contributed by atoms with van der Waals surface area (Å²) in [5, 5.41) is 1.80. The summed E-state index contributed by atoms with van der Waals surface area (Å²) in [6.07, 6.45) is 2.34. The van der Waals surface area contributed by atoms with Crippen molar-refractivity contribution >= 4 is 28.6 Å². The molecule has 1 amide bonds. The minimum atomic E-state index is -0.159. The quantitative estimate of drug-likeness (QED) is 0.631. The summed E-state index contributed by atoms with van der Waals surface area (Å²) in [6, 6.07) is 8.07. The fourth-order valence-corrected chi connectivity index (χ4v) is 3.97. The summed E-state index contributed by atoms with van der Waals surface area (Å²) in [5.41, 5.74) is 0.975. The number of rotatable bonds is 4. The number of morpholine rings is 1. The van der Waals surface area contributed by atoms with Gasteiger partial charge in [0, 0.05) is 24.4 Å². The highest BCUT2D eigenvalue weighted by molar-refractivity contribution is 8.00. The van der Waals surface area contributed by atoms with Crippen LogP contribution < -0.4 is 0 Å². The maximum Gasteiger partial charge on any atom is 0.235 e. The Morgan fingerprint density at radius 1 is 1.25 bits per heavy atom. The molecule has 24 heavy (non-hydrogen) atoms. The van der Waals surface area contributed by atoms with Crippen LogP contribution in [0.2, 0.25) is 0 Å². The predicted molar refractivity (Wildman–Crippen MR) is 94.2 cm³/mol. The van der Waals surface area contributed by atoms with E-state index in [-0.39, 0.29) is 11.2 Å². The van der Waals surface area contributed by atoms with Crippen LogP contribution in [0.5, 0.6) is 0 Å². The Hall–Kier alpha value is -1.66. The molecule has 0 N–H and O–H groups in total. The molecule has 1 saturated heterocycles. The molecular weight excluding hydrogens is 322 g/mol. The molecule has 1 atom stereocenters. The molecule has 0 spiro atoms. The van der Waals surface area contributed by atoms with Crippen LogP contribution in [0, 0.1) is 0 Å². The van der Waals surface area contributed by atoms with Gasteiger partial charge in [-0.2, -0.15) is 0 Å². The van der Waals surface area contributed by atoms with Gasteiger partial charge in [0.1, 0.15) is 10.9 Å². The summed E-state index contributed by atoms with van der Waals surface area (Å²) in [5.74, 6) is 1.60. The molecule has 2 heterocycles. The van der Waals surface area contributed by atoms with Gasteiger partial charge in [-0.1, -0.05) is 30.0 Å². The van der Waals surface area contributed by atoms with Crippen molar-refractivity contribution in [2.45, 2.75) is 36.0 Å². The van der Waals surface area contributed by atoms with E-state index in [4.69, 9.17) is 14.7 Å². The van der Waals surface area contributed by atoms with Gasteiger partial charge in [-0.3, -0.25) is 4.79 Å². The van der Waals surface area contributed by atoms with Crippen molar-refractivity contribution in [1.82, 2.24) is 14.9 Å². The first-order valence-corrected chi connectivity index (χ1v) is 9.40. The largest absolute Gasteiger partial charge is 0.378 e. The van der Waals surface area contributed by atoms with Gasteiger partial charge in [-0.05, 0) is 25.8 Å². The lowest BCUT2D eigenvalue weighted by molar-refractivity contribution is -0.134. The molecule has 4 rings (SSSR count). The van der Waals surface area contributed by atoms with Crippen molar-refractivity contribution in [3.05, 3.63) is 30.1 Å². The first-order valence-electron chi connectivity index (χ1n) is 8.52. The third-order valence-electron chi connectivity index (χ3n) is 4.49. The van der Waals surface area contributed by atoms with Crippen molar-refractivity contribution in [2.75, 3.05) is 26.3 Å². The monoisotopic (exact) mass is 343 g/mol. The van der Waals surface area contributed by atoms with Crippen LogP contribution >= 0.6 is 11.8 Å². The van der Waals surface area contributed by atoms with Crippen molar-refractivity contribution in [2.24, 2.45) is 0 Å². The van der Waals surface area contributed by atoms with Crippen LogP contribution in [0.4, 0.5) is 0 Å². The zero-order chi connectivity index (χ0) is 16.5. The van der Waals surface area contributed by atoms with E-state index in [1.165, 1.54) is 12.8 Å². The zero-order valence-electron chi connectivity index (χ0n) is 13.8. The number of thioether (sulfide) groups is 1. The lowest BCUT2D eigenvalue weighted by atomic mass is 10.2. The molecule has 0 unspecified atom stereocenters. The smallest absolute Gasteiger partial charge is 0.235 e. The molecule has 1 aromatic heterocycles. The number of para-hydroxylation sites is 1. The van der Waals surface area contributed by atoms with Gasteiger partial charge in [0.2, 0.25) is 5.91 Å². The standard InChI is InChI=1S/C18H21N3O2S/c1-12(18(22)21-8-10-23-11-9-21)24-17-14-4-2-3-5-15(14)19-16(20-17)13-6-7-13/h2-5,12-13H,6-11H2,1H3/t12-/m1/s1. The second-order valence-corrected chi connectivity index (χ2v) is 7.71. The van der Waals surface area contributed by atoms with Gasteiger partial charge in [0.15, 0.2) is 0 Å².